The van der Waals surface area contributed by atoms with Gasteiger partial charge in [0, 0.05) is 36.6 Å². The lowest BCUT2D eigenvalue weighted by molar-refractivity contribution is -0.138. The minimum Gasteiger partial charge on any atom is -0.453 e. The molecular weight excluding hydrogens is 646 g/mol. The number of amides is 3. The number of rotatable bonds is 8. The number of nitrogens with one attached hydrogen (secondary N) is 3. The van der Waals surface area contributed by atoms with Gasteiger partial charge in [-0.1, -0.05) is 58.6 Å². The van der Waals surface area contributed by atoms with Crippen LogP contribution in [0, 0.1) is 29.6 Å². The van der Waals surface area contributed by atoms with Crippen molar-refractivity contribution in [2.45, 2.75) is 78.1 Å². The molecule has 12 nitrogen and oxygen atoms in total. The maximum absolute atomic E-state index is 13.5. The summed E-state index contributed by atoms with van der Waals surface area (Å²) in [5.74, 6) is 7.74. The zero-order valence-corrected chi connectivity index (χ0v) is 30.1. The summed E-state index contributed by atoms with van der Waals surface area (Å²) in [6.45, 7) is 10.7. The number of aromatic nitrogens is 4. The number of carbonyl (C=O) groups excluding carboxylic acids is 3. The number of nitrogens with zero attached hydrogens (tertiary/aromatic N) is 4. The number of fused-ring (bicyclic) bond motifs is 1. The average Bonchev–Trinajstić information content (AvgIpc) is 3.94. The summed E-state index contributed by atoms with van der Waals surface area (Å²) < 4.78 is 4.74. The monoisotopic (exact) mass is 693 g/mol. The number of likely N-dealkylation sites (tertiary alicyclic amines) is 2. The van der Waals surface area contributed by atoms with Crippen molar-refractivity contribution in [2.24, 2.45) is 17.8 Å². The minimum atomic E-state index is -0.687. The third-order valence-corrected chi connectivity index (χ3v) is 10.2. The van der Waals surface area contributed by atoms with E-state index in [2.05, 4.69) is 32.1 Å². The zero-order chi connectivity index (χ0) is 36.4. The summed E-state index contributed by atoms with van der Waals surface area (Å²) >= 11 is 0. The molecule has 51 heavy (non-hydrogen) atoms. The second kappa shape index (κ2) is 15.0. The van der Waals surface area contributed by atoms with Crippen LogP contribution in [0.15, 0.2) is 48.7 Å². The van der Waals surface area contributed by atoms with Gasteiger partial charge in [0.25, 0.3) is 0 Å². The Morgan fingerprint density at radius 2 is 1.65 bits per heavy atom. The van der Waals surface area contributed by atoms with Crippen molar-refractivity contribution in [3.05, 3.63) is 71.4 Å². The van der Waals surface area contributed by atoms with Crippen molar-refractivity contribution in [2.75, 3.05) is 20.2 Å². The highest BCUT2D eigenvalue weighted by Crippen LogP contribution is 2.35. The summed E-state index contributed by atoms with van der Waals surface area (Å²) in [6.07, 6.45) is 2.65. The van der Waals surface area contributed by atoms with E-state index in [1.807, 2.05) is 77.1 Å². The van der Waals surface area contributed by atoms with Gasteiger partial charge in [-0.15, -0.1) is 0 Å². The number of aliphatic hydroxyl groups excluding tert-OH is 1. The molecule has 2 aromatic carbocycles. The summed E-state index contributed by atoms with van der Waals surface area (Å²) in [5.41, 5.74) is 5.07. The predicted molar refractivity (Wildman–Crippen MR) is 193 cm³/mol. The van der Waals surface area contributed by atoms with Crippen molar-refractivity contribution in [3.8, 4) is 23.1 Å². The molecule has 4 N–H and O–H groups in total. The number of ether oxygens (including phenoxy) is 1. The molecule has 2 fully saturated rings. The highest BCUT2D eigenvalue weighted by Gasteiger charge is 2.40. The second-order valence-corrected chi connectivity index (χ2v) is 14.3. The summed E-state index contributed by atoms with van der Waals surface area (Å²) in [7, 11) is 1.29. The Kier molecular flexibility index (Phi) is 10.5. The van der Waals surface area contributed by atoms with Gasteiger partial charge in [-0.2, -0.15) is 0 Å². The van der Waals surface area contributed by atoms with Crippen LogP contribution in [0.25, 0.3) is 22.3 Å². The lowest BCUT2D eigenvalue weighted by Gasteiger charge is -2.30. The first-order valence-electron chi connectivity index (χ1n) is 17.7. The van der Waals surface area contributed by atoms with E-state index in [4.69, 9.17) is 9.72 Å². The van der Waals surface area contributed by atoms with Gasteiger partial charge in [0.1, 0.15) is 17.7 Å². The van der Waals surface area contributed by atoms with Crippen LogP contribution < -0.4 is 5.32 Å². The van der Waals surface area contributed by atoms with Crippen molar-refractivity contribution < 1.29 is 24.2 Å². The SMILES string of the molecule is COC(=O)N[C@H](C(=O)N1CCC[C@H]1c1ncc(-c2ccc(C#Cc3ccc4nc([C@@H]5C[C@@H](O)CN5C(=O)[C@@H](C)C(C)C)[nH]c4c3)cc2)[nH]1)C(C)C. The van der Waals surface area contributed by atoms with Crippen LogP contribution in [0.4, 0.5) is 4.79 Å². The van der Waals surface area contributed by atoms with Crippen LogP contribution in [-0.2, 0) is 14.3 Å². The van der Waals surface area contributed by atoms with E-state index in [0.29, 0.717) is 31.2 Å². The molecule has 3 amide bonds. The molecule has 2 aliphatic rings. The molecule has 0 radical (unpaired) electrons. The number of carbonyl (C=O) groups is 3. The number of β-amino-alcohol motifs (C(OH)–C–C–N with tert-alkyl or cyclic N) is 1. The maximum Gasteiger partial charge on any atom is 0.407 e. The largest absolute Gasteiger partial charge is 0.453 e. The molecule has 0 saturated carbocycles. The van der Waals surface area contributed by atoms with E-state index in [1.165, 1.54) is 7.11 Å². The van der Waals surface area contributed by atoms with Crippen molar-refractivity contribution in [1.29, 1.82) is 0 Å². The van der Waals surface area contributed by atoms with Gasteiger partial charge in [-0.05, 0) is 60.6 Å². The van der Waals surface area contributed by atoms with Gasteiger partial charge in [0.2, 0.25) is 11.8 Å². The zero-order valence-electron chi connectivity index (χ0n) is 30.1. The van der Waals surface area contributed by atoms with Crippen LogP contribution in [-0.4, -0.2) is 85.1 Å². The molecular formula is C39H47N7O5. The molecule has 2 aliphatic heterocycles. The van der Waals surface area contributed by atoms with Gasteiger partial charge in [-0.3, -0.25) is 9.59 Å². The predicted octanol–water partition coefficient (Wildman–Crippen LogP) is 5.32. The number of hydrogen-bond acceptors (Lipinski definition) is 7. The van der Waals surface area contributed by atoms with Crippen LogP contribution >= 0.6 is 0 Å². The van der Waals surface area contributed by atoms with E-state index < -0.39 is 18.2 Å². The number of alkyl carbamates (subject to hydrolysis) is 1. The van der Waals surface area contributed by atoms with Crippen LogP contribution in [0.3, 0.4) is 0 Å². The minimum absolute atomic E-state index is 0.0381. The topological polar surface area (TPSA) is 157 Å². The third-order valence-electron chi connectivity index (χ3n) is 10.2. The Balaban J connectivity index is 1.13. The molecule has 0 aliphatic carbocycles. The standard InChI is InChI=1S/C39H47N7O5/c1-22(2)24(5)37(48)46-21-28(47)19-33(46)36-41-29-16-13-26(18-30(29)42-36)10-9-25-11-14-27(15-12-25)31-20-40-35(43-31)32-8-7-17-45(32)38(49)34(23(3)4)44-39(50)51-6/h11-16,18,20,22-24,28,32-34,47H,7-8,17,19,21H2,1-6H3,(H,40,43)(H,41,42)(H,44,50)/t24-,28+,32-,33-,34-/m0/s1. The number of aromatic amines is 2. The molecule has 0 spiro atoms. The van der Waals surface area contributed by atoms with Gasteiger partial charge in [0.15, 0.2) is 0 Å². The van der Waals surface area contributed by atoms with E-state index in [1.54, 1.807) is 16.0 Å². The molecule has 0 unspecified atom stereocenters. The van der Waals surface area contributed by atoms with E-state index in [0.717, 1.165) is 46.3 Å². The van der Waals surface area contributed by atoms with Crippen LogP contribution in [0.5, 0.6) is 0 Å². The first-order valence-corrected chi connectivity index (χ1v) is 17.7. The van der Waals surface area contributed by atoms with Crippen LogP contribution in [0.1, 0.15) is 88.7 Å². The number of aliphatic hydroxyl groups is 1. The Labute approximate surface area is 298 Å². The van der Waals surface area contributed by atoms with E-state index >= 15 is 0 Å². The normalized spacial score (nSPS) is 20.1. The van der Waals surface area contributed by atoms with Crippen molar-refractivity contribution in [3.63, 3.8) is 0 Å². The molecule has 2 saturated heterocycles. The van der Waals surface area contributed by atoms with E-state index in [-0.39, 0.29) is 41.7 Å². The molecule has 4 heterocycles. The number of H-pyrrole nitrogens is 2. The van der Waals surface area contributed by atoms with Gasteiger partial charge >= 0.3 is 6.09 Å². The summed E-state index contributed by atoms with van der Waals surface area (Å²) in [5, 5.41) is 13.1. The highest BCUT2D eigenvalue weighted by atomic mass is 16.5. The number of imidazole rings is 2. The Morgan fingerprint density at radius 1 is 0.922 bits per heavy atom. The quantitative estimate of drug-likeness (QED) is 0.182. The van der Waals surface area contributed by atoms with Gasteiger partial charge < -0.3 is 34.9 Å². The van der Waals surface area contributed by atoms with Gasteiger partial charge in [0.05, 0.1) is 48.2 Å². The molecule has 12 heteroatoms. The Hall–Kier alpha value is -5.15. The number of benzene rings is 2. The van der Waals surface area contributed by atoms with E-state index in [9.17, 15) is 19.5 Å². The molecule has 5 atom stereocenters. The Bertz CT molecular complexity index is 1950. The second-order valence-electron chi connectivity index (χ2n) is 14.3. The molecule has 268 valence electrons. The lowest BCUT2D eigenvalue weighted by Crippen LogP contribution is -2.51. The first kappa shape index (κ1) is 35.7. The third kappa shape index (κ3) is 7.64. The Morgan fingerprint density at radius 3 is 2.35 bits per heavy atom. The summed E-state index contributed by atoms with van der Waals surface area (Å²) in [4.78, 5) is 58.4. The van der Waals surface area contributed by atoms with Crippen LogP contribution in [0.2, 0.25) is 0 Å². The molecule has 6 rings (SSSR count). The fraction of sp³-hybridized carbons (Fsp3) is 0.462. The molecule has 2 aromatic heterocycles. The highest BCUT2D eigenvalue weighted by molar-refractivity contribution is 5.86. The van der Waals surface area contributed by atoms with Crippen molar-refractivity contribution in [1.82, 2.24) is 35.1 Å². The fourth-order valence-electron chi connectivity index (χ4n) is 6.85. The first-order chi connectivity index (χ1) is 24.4. The molecule has 4 aromatic rings. The van der Waals surface area contributed by atoms with Gasteiger partial charge in [-0.25, -0.2) is 14.8 Å². The average molecular weight is 694 g/mol. The number of methoxy groups -OCH3 is 1. The number of hydrogen-bond donors (Lipinski definition) is 4. The maximum atomic E-state index is 13.5. The fourth-order valence-corrected chi connectivity index (χ4v) is 6.85. The van der Waals surface area contributed by atoms with Crippen molar-refractivity contribution >= 4 is 28.9 Å². The lowest BCUT2D eigenvalue weighted by atomic mass is 9.96. The summed E-state index contributed by atoms with van der Waals surface area (Å²) in [6, 6.07) is 12.5. The molecule has 0 bridgehead atoms. The smallest absolute Gasteiger partial charge is 0.407 e.